The van der Waals surface area contributed by atoms with Gasteiger partial charge < -0.3 is 4.43 Å². The van der Waals surface area contributed by atoms with Crippen LogP contribution in [-0.4, -0.2) is 14.9 Å². The van der Waals surface area contributed by atoms with Gasteiger partial charge >= 0.3 is 0 Å². The lowest BCUT2D eigenvalue weighted by Gasteiger charge is -2.44. The van der Waals surface area contributed by atoms with Crippen LogP contribution >= 0.6 is 0 Å². The molecule has 0 N–H and O–H groups in total. The minimum Gasteiger partial charge on any atom is -0.407 e. The second kappa shape index (κ2) is 8.58. The molecule has 27 heavy (non-hydrogen) atoms. The largest absolute Gasteiger partial charge is 0.407 e. The van der Waals surface area contributed by atoms with Gasteiger partial charge in [0.15, 0.2) is 0 Å². The molecule has 1 fully saturated rings. The van der Waals surface area contributed by atoms with Gasteiger partial charge in [-0.25, -0.2) is 0 Å². The molecule has 1 aliphatic rings. The van der Waals surface area contributed by atoms with E-state index in [1.54, 1.807) is 0 Å². The maximum atomic E-state index is 7.09. The van der Waals surface area contributed by atoms with Gasteiger partial charge in [-0.15, -0.1) is 6.58 Å². The Labute approximate surface area is 166 Å². The van der Waals surface area contributed by atoms with Gasteiger partial charge in [0, 0.05) is 6.61 Å². The average molecular weight is 379 g/mol. The topological polar surface area (TPSA) is 9.23 Å². The molecule has 0 radical (unpaired) electrons. The first-order chi connectivity index (χ1) is 13.0. The van der Waals surface area contributed by atoms with Crippen LogP contribution in [0.3, 0.4) is 0 Å². The molecule has 0 atom stereocenters. The predicted octanol–water partition coefficient (Wildman–Crippen LogP) is 5.56. The lowest BCUT2D eigenvalue weighted by atomic mass is 9.83. The summed E-state index contributed by atoms with van der Waals surface area (Å²) in [5.41, 5.74) is 0. The summed E-state index contributed by atoms with van der Waals surface area (Å²) in [7, 11) is -2.38. The summed E-state index contributed by atoms with van der Waals surface area (Å²) >= 11 is 0. The van der Waals surface area contributed by atoms with Crippen LogP contribution in [0, 0.1) is 11.8 Å². The molecule has 0 heterocycles. The fourth-order valence-corrected chi connectivity index (χ4v) is 9.24. The van der Waals surface area contributed by atoms with Crippen molar-refractivity contribution in [3.8, 4) is 0 Å². The van der Waals surface area contributed by atoms with E-state index in [4.69, 9.17) is 4.43 Å². The molecule has 0 aromatic heterocycles. The highest BCUT2D eigenvalue weighted by atomic mass is 28.4. The Morgan fingerprint density at radius 3 is 1.78 bits per heavy atom. The van der Waals surface area contributed by atoms with E-state index in [1.807, 2.05) is 0 Å². The van der Waals surface area contributed by atoms with Crippen molar-refractivity contribution in [1.82, 2.24) is 0 Å². The van der Waals surface area contributed by atoms with Crippen LogP contribution in [0.15, 0.2) is 73.3 Å². The number of hydrogen-bond donors (Lipinski definition) is 0. The highest BCUT2D eigenvalue weighted by Crippen LogP contribution is 2.38. The van der Waals surface area contributed by atoms with Crippen molar-refractivity contribution in [2.75, 3.05) is 6.61 Å². The predicted molar refractivity (Wildman–Crippen MR) is 119 cm³/mol. The molecular formula is C25H34OSi. The Kier molecular flexibility index (Phi) is 6.39. The van der Waals surface area contributed by atoms with Crippen molar-refractivity contribution in [2.45, 2.75) is 51.5 Å². The minimum absolute atomic E-state index is 0.0635. The molecule has 3 rings (SSSR count). The van der Waals surface area contributed by atoms with E-state index in [1.165, 1.54) is 36.1 Å². The molecule has 0 bridgehead atoms. The number of benzene rings is 2. The summed E-state index contributed by atoms with van der Waals surface area (Å²) in [6.45, 7) is 11.9. The maximum Gasteiger partial charge on any atom is 0.261 e. The van der Waals surface area contributed by atoms with Crippen molar-refractivity contribution >= 4 is 18.7 Å². The van der Waals surface area contributed by atoms with Crippen molar-refractivity contribution in [2.24, 2.45) is 11.8 Å². The molecule has 1 saturated carbocycles. The van der Waals surface area contributed by atoms with E-state index in [2.05, 4.69) is 94.1 Å². The van der Waals surface area contributed by atoms with Gasteiger partial charge in [0.05, 0.1) is 0 Å². The van der Waals surface area contributed by atoms with Crippen molar-refractivity contribution in [1.29, 1.82) is 0 Å². The normalized spacial score (nSPS) is 21.0. The van der Waals surface area contributed by atoms with Crippen LogP contribution in [0.4, 0.5) is 0 Å². The highest BCUT2D eigenvalue weighted by molar-refractivity contribution is 6.99. The Morgan fingerprint density at radius 2 is 1.37 bits per heavy atom. The zero-order valence-electron chi connectivity index (χ0n) is 17.2. The number of hydrogen-bond acceptors (Lipinski definition) is 1. The van der Waals surface area contributed by atoms with Crippen LogP contribution in [0.5, 0.6) is 0 Å². The average Bonchev–Trinajstić information content (AvgIpc) is 2.69. The second-order valence-electron chi connectivity index (χ2n) is 8.99. The van der Waals surface area contributed by atoms with Crippen LogP contribution in [0.25, 0.3) is 0 Å². The third-order valence-corrected chi connectivity index (χ3v) is 11.2. The van der Waals surface area contributed by atoms with E-state index >= 15 is 0 Å². The molecule has 144 valence electrons. The van der Waals surface area contributed by atoms with E-state index < -0.39 is 8.32 Å². The van der Waals surface area contributed by atoms with Gasteiger partial charge in [-0.05, 0) is 52.9 Å². The highest BCUT2D eigenvalue weighted by Gasteiger charge is 2.50. The van der Waals surface area contributed by atoms with Gasteiger partial charge in [0.25, 0.3) is 8.32 Å². The molecular weight excluding hydrogens is 344 g/mol. The van der Waals surface area contributed by atoms with Gasteiger partial charge in [0.1, 0.15) is 0 Å². The molecule has 0 spiro atoms. The molecule has 2 aromatic rings. The van der Waals surface area contributed by atoms with E-state index in [9.17, 15) is 0 Å². The van der Waals surface area contributed by atoms with Gasteiger partial charge in [-0.2, -0.15) is 0 Å². The molecule has 0 amide bonds. The van der Waals surface area contributed by atoms with Crippen molar-refractivity contribution in [3.05, 3.63) is 73.3 Å². The molecule has 2 aromatic carbocycles. The standard InChI is InChI=1S/C25H34OSi/c1-5-21-16-18-22(19-17-21)20-26-27(25(2,3)4,23-12-8-6-9-13-23)24-14-10-7-11-15-24/h5-15,21-22H,1,16-20H2,2-4H3/t21-,22+. The Bertz CT molecular complexity index is 669. The number of allylic oxidation sites excluding steroid dienone is 1. The minimum atomic E-state index is -2.38. The zero-order valence-corrected chi connectivity index (χ0v) is 18.2. The van der Waals surface area contributed by atoms with Crippen molar-refractivity contribution in [3.63, 3.8) is 0 Å². The van der Waals surface area contributed by atoms with E-state index in [0.717, 1.165) is 6.61 Å². The van der Waals surface area contributed by atoms with Crippen LogP contribution in [0.1, 0.15) is 46.5 Å². The van der Waals surface area contributed by atoms with Crippen LogP contribution in [-0.2, 0) is 4.43 Å². The monoisotopic (exact) mass is 378 g/mol. The third-order valence-electron chi connectivity index (χ3n) is 6.18. The number of rotatable bonds is 6. The van der Waals surface area contributed by atoms with E-state index in [0.29, 0.717) is 11.8 Å². The second-order valence-corrected chi connectivity index (χ2v) is 13.3. The zero-order chi connectivity index (χ0) is 19.3. The summed E-state index contributed by atoms with van der Waals surface area (Å²) < 4.78 is 7.09. The summed E-state index contributed by atoms with van der Waals surface area (Å²) in [5.74, 6) is 1.37. The quantitative estimate of drug-likeness (QED) is 0.472. The summed E-state index contributed by atoms with van der Waals surface area (Å²) in [6.07, 6.45) is 7.18. The fraction of sp³-hybridized carbons (Fsp3) is 0.440. The molecule has 1 aliphatic carbocycles. The first-order valence-corrected chi connectivity index (χ1v) is 12.3. The molecule has 2 heteroatoms. The molecule has 1 nitrogen and oxygen atoms in total. The Hall–Kier alpha value is -1.64. The first kappa shape index (κ1) is 20.1. The lowest BCUT2D eigenvalue weighted by Crippen LogP contribution is -2.66. The van der Waals surface area contributed by atoms with Gasteiger partial charge in [0.2, 0.25) is 0 Å². The Morgan fingerprint density at radius 1 is 0.889 bits per heavy atom. The Balaban J connectivity index is 1.93. The summed E-state index contributed by atoms with van der Waals surface area (Å²) in [5, 5.41) is 2.82. The van der Waals surface area contributed by atoms with Crippen LogP contribution in [0.2, 0.25) is 5.04 Å². The van der Waals surface area contributed by atoms with Gasteiger partial charge in [-0.3, -0.25) is 0 Å². The fourth-order valence-electron chi connectivity index (χ4n) is 4.60. The first-order valence-electron chi connectivity index (χ1n) is 10.3. The smallest absolute Gasteiger partial charge is 0.261 e. The summed E-state index contributed by atoms with van der Waals surface area (Å²) in [6, 6.07) is 21.9. The van der Waals surface area contributed by atoms with Crippen molar-refractivity contribution < 1.29 is 4.43 Å². The maximum absolute atomic E-state index is 7.09. The van der Waals surface area contributed by atoms with E-state index in [-0.39, 0.29) is 5.04 Å². The molecule has 0 saturated heterocycles. The third kappa shape index (κ3) is 4.28. The van der Waals surface area contributed by atoms with Crippen LogP contribution < -0.4 is 10.4 Å². The van der Waals surface area contributed by atoms with Gasteiger partial charge in [-0.1, -0.05) is 87.5 Å². The lowest BCUT2D eigenvalue weighted by molar-refractivity contribution is 0.186. The molecule has 0 unspecified atom stereocenters. The molecule has 0 aliphatic heterocycles. The SMILES string of the molecule is C=C[C@H]1CC[C@@H](CO[Si](c2ccccc2)(c2ccccc2)C(C)(C)C)CC1. The summed E-state index contributed by atoms with van der Waals surface area (Å²) in [4.78, 5) is 0.